The van der Waals surface area contributed by atoms with Gasteiger partial charge in [-0.3, -0.25) is 9.88 Å². The van der Waals surface area contributed by atoms with Crippen molar-refractivity contribution in [2.45, 2.75) is 6.42 Å². The lowest BCUT2D eigenvalue weighted by molar-refractivity contribution is 0.255. The molecule has 0 spiro atoms. The van der Waals surface area contributed by atoms with E-state index in [0.29, 0.717) is 12.2 Å². The van der Waals surface area contributed by atoms with Crippen molar-refractivity contribution < 1.29 is 9.53 Å². The van der Waals surface area contributed by atoms with Crippen molar-refractivity contribution in [1.82, 2.24) is 4.98 Å². The second kappa shape index (κ2) is 6.26. The number of pyridine rings is 1. The number of urea groups is 1. The predicted molar refractivity (Wildman–Crippen MR) is 99.5 cm³/mol. The minimum atomic E-state index is -0.277. The van der Waals surface area contributed by atoms with E-state index in [-0.39, 0.29) is 6.03 Å². The molecule has 0 N–H and O–H groups in total. The first kappa shape index (κ1) is 15.7. The van der Waals surface area contributed by atoms with Crippen molar-refractivity contribution in [3.05, 3.63) is 60.4 Å². The molecule has 1 aliphatic heterocycles. The zero-order valence-corrected chi connectivity index (χ0v) is 14.4. The molecule has 0 atom stereocenters. The molecule has 0 saturated heterocycles. The Labute approximate surface area is 150 Å². The average molecular weight is 354 g/mol. The van der Waals surface area contributed by atoms with Gasteiger partial charge in [-0.2, -0.15) is 0 Å². The lowest BCUT2D eigenvalue weighted by Gasteiger charge is -2.22. The van der Waals surface area contributed by atoms with Crippen molar-refractivity contribution in [1.29, 1.82) is 0 Å². The molecule has 126 valence electrons. The predicted octanol–water partition coefficient (Wildman–Crippen LogP) is 4.39. The summed E-state index contributed by atoms with van der Waals surface area (Å²) < 4.78 is 6.40. The van der Waals surface area contributed by atoms with Crippen LogP contribution in [0.5, 0.6) is 5.75 Å². The third-order valence-electron chi connectivity index (χ3n) is 4.46. The van der Waals surface area contributed by atoms with Gasteiger partial charge in [-0.05, 0) is 53.1 Å². The summed E-state index contributed by atoms with van der Waals surface area (Å²) in [5, 5.41) is 2.23. The monoisotopic (exact) mass is 353 g/mol. The quantitative estimate of drug-likeness (QED) is 0.642. The summed E-state index contributed by atoms with van der Waals surface area (Å²) in [6.07, 6.45) is 4.00. The Morgan fingerprint density at radius 2 is 2.16 bits per heavy atom. The van der Waals surface area contributed by atoms with Crippen molar-refractivity contribution in [2.24, 2.45) is 0 Å². The lowest BCUT2D eigenvalue weighted by Crippen LogP contribution is -2.37. The Morgan fingerprint density at radius 1 is 1.28 bits per heavy atom. The molecule has 0 bridgehead atoms. The van der Waals surface area contributed by atoms with Crippen LogP contribution in [0.25, 0.3) is 10.8 Å². The molecule has 3 aromatic rings. The van der Waals surface area contributed by atoms with Gasteiger partial charge in [-0.25, -0.2) is 9.21 Å². The first-order valence-corrected chi connectivity index (χ1v) is 8.30. The van der Waals surface area contributed by atoms with Crippen LogP contribution in [-0.4, -0.2) is 24.7 Å². The zero-order valence-electron chi connectivity index (χ0n) is 13.6. The SMILES string of the molecule is COc1ccc2c3c(ccc2c1)N(C(=O)N(Cl)c1cccnc1)CC3. The Morgan fingerprint density at radius 3 is 2.92 bits per heavy atom. The molecule has 4 rings (SSSR count). The third kappa shape index (κ3) is 2.66. The molecule has 1 aromatic heterocycles. The summed E-state index contributed by atoms with van der Waals surface area (Å²) in [5.74, 6) is 0.821. The second-order valence-electron chi connectivity index (χ2n) is 5.83. The number of fused-ring (bicyclic) bond motifs is 3. The number of rotatable bonds is 2. The standard InChI is InChI=1S/C19H16ClN3O2/c1-25-15-5-6-16-13(11-15)4-7-18-17(16)8-10-22(18)19(24)23(20)14-3-2-9-21-12-14/h2-7,9,11-12H,8,10H2,1H3. The maximum atomic E-state index is 12.8. The molecule has 2 amide bonds. The number of hydrogen-bond acceptors (Lipinski definition) is 3. The van der Waals surface area contributed by atoms with Crippen LogP contribution in [0.4, 0.5) is 16.2 Å². The molecule has 0 aliphatic carbocycles. The van der Waals surface area contributed by atoms with Gasteiger partial charge in [0.1, 0.15) is 5.75 Å². The van der Waals surface area contributed by atoms with Crippen LogP contribution in [-0.2, 0) is 6.42 Å². The van der Waals surface area contributed by atoms with E-state index in [1.807, 2.05) is 30.3 Å². The van der Waals surface area contributed by atoms with Crippen LogP contribution >= 0.6 is 11.8 Å². The first-order valence-electron chi connectivity index (χ1n) is 7.96. The number of hydrogen-bond donors (Lipinski definition) is 0. The Hall–Kier alpha value is -2.79. The molecule has 5 nitrogen and oxygen atoms in total. The smallest absolute Gasteiger partial charge is 0.343 e. The molecule has 0 unspecified atom stereocenters. The molecule has 0 radical (unpaired) electrons. The molecule has 1 aliphatic rings. The number of carbonyl (C=O) groups excluding carboxylic acids is 1. The maximum absolute atomic E-state index is 12.8. The average Bonchev–Trinajstić information content (AvgIpc) is 3.11. The van der Waals surface area contributed by atoms with Crippen LogP contribution in [0, 0.1) is 0 Å². The molecular weight excluding hydrogens is 338 g/mol. The highest BCUT2D eigenvalue weighted by Crippen LogP contribution is 2.36. The van der Waals surface area contributed by atoms with Crippen LogP contribution < -0.4 is 14.1 Å². The molecular formula is C19H16ClN3O2. The van der Waals surface area contributed by atoms with Crippen LogP contribution in [0.2, 0.25) is 0 Å². The van der Waals surface area contributed by atoms with E-state index in [0.717, 1.165) is 38.6 Å². The van der Waals surface area contributed by atoms with Crippen LogP contribution in [0.1, 0.15) is 5.56 Å². The second-order valence-corrected chi connectivity index (χ2v) is 6.16. The summed E-state index contributed by atoms with van der Waals surface area (Å²) in [4.78, 5) is 18.5. The van der Waals surface area contributed by atoms with Crippen LogP contribution in [0.15, 0.2) is 54.9 Å². The minimum absolute atomic E-state index is 0.277. The molecule has 25 heavy (non-hydrogen) atoms. The molecule has 2 heterocycles. The number of carbonyl (C=O) groups is 1. The van der Waals surface area contributed by atoms with Gasteiger partial charge in [0, 0.05) is 30.2 Å². The lowest BCUT2D eigenvalue weighted by atomic mass is 10.0. The Bertz CT molecular complexity index is 946. The van der Waals surface area contributed by atoms with E-state index < -0.39 is 0 Å². The highest BCUT2D eigenvalue weighted by atomic mass is 35.5. The van der Waals surface area contributed by atoms with E-state index in [2.05, 4.69) is 4.98 Å². The van der Waals surface area contributed by atoms with E-state index in [9.17, 15) is 4.79 Å². The molecule has 0 fully saturated rings. The summed E-state index contributed by atoms with van der Waals surface area (Å²) >= 11 is 6.25. The number of amides is 2. The first-order chi connectivity index (χ1) is 12.2. The zero-order chi connectivity index (χ0) is 17.4. The van der Waals surface area contributed by atoms with Gasteiger partial charge in [0.05, 0.1) is 19.0 Å². The van der Waals surface area contributed by atoms with E-state index in [1.165, 1.54) is 0 Å². The van der Waals surface area contributed by atoms with Crippen molar-refractivity contribution in [3.63, 3.8) is 0 Å². The summed E-state index contributed by atoms with van der Waals surface area (Å²) in [6.45, 7) is 0.600. The van der Waals surface area contributed by atoms with Crippen molar-refractivity contribution in [3.8, 4) is 5.75 Å². The molecule has 2 aromatic carbocycles. The number of benzene rings is 2. The third-order valence-corrected chi connectivity index (χ3v) is 4.80. The number of aromatic nitrogens is 1. The van der Waals surface area contributed by atoms with Gasteiger partial charge in [0.25, 0.3) is 0 Å². The minimum Gasteiger partial charge on any atom is -0.497 e. The number of nitrogens with zero attached hydrogens (tertiary/aromatic N) is 3. The van der Waals surface area contributed by atoms with Gasteiger partial charge >= 0.3 is 6.03 Å². The number of ether oxygens (including phenoxy) is 1. The summed E-state index contributed by atoms with van der Waals surface area (Å²) in [7, 11) is 1.66. The highest BCUT2D eigenvalue weighted by Gasteiger charge is 2.29. The van der Waals surface area contributed by atoms with Gasteiger partial charge in [-0.15, -0.1) is 0 Å². The van der Waals surface area contributed by atoms with Crippen molar-refractivity contribution >= 4 is 40.0 Å². The number of halogens is 1. The fourth-order valence-corrected chi connectivity index (χ4v) is 3.42. The van der Waals surface area contributed by atoms with Crippen LogP contribution in [0.3, 0.4) is 0 Å². The fourth-order valence-electron chi connectivity index (χ4n) is 3.23. The van der Waals surface area contributed by atoms with Gasteiger partial charge in [0.15, 0.2) is 0 Å². The number of methoxy groups -OCH3 is 1. The van der Waals surface area contributed by atoms with Gasteiger partial charge < -0.3 is 4.74 Å². The summed E-state index contributed by atoms with van der Waals surface area (Å²) in [6, 6.07) is 13.2. The largest absolute Gasteiger partial charge is 0.497 e. The summed E-state index contributed by atoms with van der Waals surface area (Å²) in [5.41, 5.74) is 2.61. The maximum Gasteiger partial charge on any atom is 0.343 e. The topological polar surface area (TPSA) is 45.7 Å². The fraction of sp³-hybridized carbons (Fsp3) is 0.158. The van der Waals surface area contributed by atoms with E-state index >= 15 is 0 Å². The Kier molecular flexibility index (Phi) is 3.93. The normalized spacial score (nSPS) is 13.0. The Balaban J connectivity index is 1.70. The van der Waals surface area contributed by atoms with Gasteiger partial charge in [-0.1, -0.05) is 12.1 Å². The molecule has 6 heteroatoms. The molecule has 0 saturated carbocycles. The van der Waals surface area contributed by atoms with Gasteiger partial charge in [0.2, 0.25) is 0 Å². The van der Waals surface area contributed by atoms with E-state index in [1.54, 1.807) is 36.5 Å². The van der Waals surface area contributed by atoms with Crippen molar-refractivity contribution in [2.75, 3.05) is 23.0 Å². The van der Waals surface area contributed by atoms with E-state index in [4.69, 9.17) is 16.5 Å². The number of anilines is 2. The highest BCUT2D eigenvalue weighted by molar-refractivity contribution is 6.38.